The van der Waals surface area contributed by atoms with Crippen LogP contribution < -0.4 is 5.32 Å². The van der Waals surface area contributed by atoms with Gasteiger partial charge in [-0.15, -0.1) is 0 Å². The van der Waals surface area contributed by atoms with Gasteiger partial charge in [-0.25, -0.2) is 4.39 Å². The van der Waals surface area contributed by atoms with Crippen LogP contribution in [0.25, 0.3) is 0 Å². The predicted octanol–water partition coefficient (Wildman–Crippen LogP) is 3.66. The number of benzene rings is 1. The smallest absolute Gasteiger partial charge is 0.285 e. The molecule has 7 heteroatoms. The van der Waals surface area contributed by atoms with E-state index < -0.39 is 22.3 Å². The van der Waals surface area contributed by atoms with Gasteiger partial charge in [0.05, 0.1) is 11.0 Å². The van der Waals surface area contributed by atoms with Crippen molar-refractivity contribution in [2.45, 2.75) is 32.0 Å². The van der Waals surface area contributed by atoms with Gasteiger partial charge in [-0.05, 0) is 24.0 Å². The van der Waals surface area contributed by atoms with Crippen LogP contribution in [0, 0.1) is 21.3 Å². The molecule has 0 radical (unpaired) electrons. The third kappa shape index (κ3) is 5.79. The Morgan fingerprint density at radius 1 is 1.48 bits per heavy atom. The fourth-order valence-electron chi connectivity index (χ4n) is 1.88. The molecule has 1 amide bonds. The summed E-state index contributed by atoms with van der Waals surface area (Å²) in [5, 5.41) is 13.5. The number of carbonyl (C=O) groups is 1. The van der Waals surface area contributed by atoms with Gasteiger partial charge in [-0.3, -0.25) is 14.9 Å². The molecule has 1 aromatic rings. The monoisotopic (exact) mass is 360 g/mol. The molecule has 1 aromatic carbocycles. The predicted molar refractivity (Wildman–Crippen MR) is 82.2 cm³/mol. The van der Waals surface area contributed by atoms with Crippen molar-refractivity contribution in [1.82, 2.24) is 5.32 Å². The topological polar surface area (TPSA) is 72.2 Å². The average Bonchev–Trinajstić information content (AvgIpc) is 2.33. The van der Waals surface area contributed by atoms with Gasteiger partial charge >= 0.3 is 0 Å². The largest absolute Gasteiger partial charge is 0.351 e. The molecule has 0 heterocycles. The Labute approximate surface area is 131 Å². The summed E-state index contributed by atoms with van der Waals surface area (Å²) in [5.74, 6) is -1.33. The Hall–Kier alpha value is -1.50. The summed E-state index contributed by atoms with van der Waals surface area (Å²) >= 11 is 3.47. The van der Waals surface area contributed by atoms with Crippen molar-refractivity contribution in [2.24, 2.45) is 5.41 Å². The Kier molecular flexibility index (Phi) is 5.83. The number of nitro benzene ring substituents is 1. The molecular weight excluding hydrogens is 343 g/mol. The lowest BCUT2D eigenvalue weighted by molar-refractivity contribution is -0.385. The summed E-state index contributed by atoms with van der Waals surface area (Å²) < 4.78 is 13.0. The van der Waals surface area contributed by atoms with Crippen LogP contribution in [-0.2, 0) is 0 Å². The normalized spacial score (nSPS) is 12.8. The molecule has 0 saturated carbocycles. The van der Waals surface area contributed by atoms with E-state index in [1.165, 1.54) is 0 Å². The first-order valence-corrected chi connectivity index (χ1v) is 7.38. The minimum atomic E-state index is -0.765. The maximum Gasteiger partial charge on any atom is 0.285 e. The van der Waals surface area contributed by atoms with E-state index in [0.29, 0.717) is 6.54 Å². The quantitative estimate of drug-likeness (QED) is 0.494. The van der Waals surface area contributed by atoms with E-state index in [-0.39, 0.29) is 15.8 Å². The van der Waals surface area contributed by atoms with Crippen molar-refractivity contribution in [3.05, 3.63) is 39.7 Å². The molecule has 1 unspecified atom stereocenters. The molecular formula is C14H18BrFN2O3. The highest BCUT2D eigenvalue weighted by molar-refractivity contribution is 9.09. The number of nitrogens with one attached hydrogen (secondary N) is 1. The van der Waals surface area contributed by atoms with E-state index in [0.717, 1.165) is 24.6 Å². The van der Waals surface area contributed by atoms with E-state index in [9.17, 15) is 19.3 Å². The van der Waals surface area contributed by atoms with Gasteiger partial charge in [-0.1, -0.05) is 36.7 Å². The standard InChI is InChI=1S/C14H18BrFN2O3/c1-14(2,3)7-9(15)8-17-13(19)11-5-4-10(16)6-12(11)18(20)21/h4-6,9H,7-8H2,1-3H3,(H,17,19). The van der Waals surface area contributed by atoms with Crippen LogP contribution >= 0.6 is 15.9 Å². The van der Waals surface area contributed by atoms with E-state index in [2.05, 4.69) is 42.0 Å². The summed E-state index contributed by atoms with van der Waals surface area (Å²) in [6.45, 7) is 6.57. The number of rotatable bonds is 5. The molecule has 21 heavy (non-hydrogen) atoms. The lowest BCUT2D eigenvalue weighted by atomic mass is 9.90. The number of nitrogens with zero attached hydrogens (tertiary/aromatic N) is 1. The number of carbonyl (C=O) groups excluding carboxylic acids is 1. The molecule has 116 valence electrons. The zero-order valence-corrected chi connectivity index (χ0v) is 13.7. The van der Waals surface area contributed by atoms with Crippen molar-refractivity contribution < 1.29 is 14.1 Å². The fourth-order valence-corrected chi connectivity index (χ4v) is 3.02. The number of hydrogen-bond donors (Lipinski definition) is 1. The number of halogens is 2. The Morgan fingerprint density at radius 3 is 2.62 bits per heavy atom. The summed E-state index contributed by atoms with van der Waals surface area (Å²) in [5.41, 5.74) is -0.577. The third-order valence-corrected chi connectivity index (χ3v) is 3.37. The Balaban J connectivity index is 2.75. The minimum absolute atomic E-state index is 0.0564. The lowest BCUT2D eigenvalue weighted by Crippen LogP contribution is -2.31. The molecule has 0 aromatic heterocycles. The molecule has 0 bridgehead atoms. The first-order valence-electron chi connectivity index (χ1n) is 6.46. The maximum absolute atomic E-state index is 13.0. The number of hydrogen-bond acceptors (Lipinski definition) is 3. The van der Waals surface area contributed by atoms with Gasteiger partial charge in [0.1, 0.15) is 11.4 Å². The van der Waals surface area contributed by atoms with Gasteiger partial charge in [0, 0.05) is 11.4 Å². The molecule has 0 aliphatic carbocycles. The van der Waals surface area contributed by atoms with Crippen LogP contribution in [0.4, 0.5) is 10.1 Å². The van der Waals surface area contributed by atoms with Crippen LogP contribution in [-0.4, -0.2) is 22.2 Å². The molecule has 0 fully saturated rings. The molecule has 1 rings (SSSR count). The second-order valence-corrected chi connectivity index (χ2v) is 7.29. The lowest BCUT2D eigenvalue weighted by Gasteiger charge is -2.22. The fraction of sp³-hybridized carbons (Fsp3) is 0.500. The van der Waals surface area contributed by atoms with Crippen LogP contribution in [0.1, 0.15) is 37.6 Å². The van der Waals surface area contributed by atoms with Gasteiger partial charge in [-0.2, -0.15) is 0 Å². The van der Waals surface area contributed by atoms with Crippen molar-refractivity contribution in [2.75, 3.05) is 6.54 Å². The minimum Gasteiger partial charge on any atom is -0.351 e. The van der Waals surface area contributed by atoms with Crippen molar-refractivity contribution in [1.29, 1.82) is 0 Å². The second kappa shape index (κ2) is 6.98. The van der Waals surface area contributed by atoms with Crippen LogP contribution in [0.3, 0.4) is 0 Å². The van der Waals surface area contributed by atoms with Crippen LogP contribution in [0.2, 0.25) is 0 Å². The summed E-state index contributed by atoms with van der Waals surface area (Å²) in [4.78, 5) is 22.1. The molecule has 1 N–H and O–H groups in total. The molecule has 0 aliphatic heterocycles. The first kappa shape index (κ1) is 17.6. The van der Waals surface area contributed by atoms with E-state index in [4.69, 9.17) is 0 Å². The number of amides is 1. The second-order valence-electron chi connectivity index (χ2n) is 5.99. The first-order chi connectivity index (χ1) is 9.60. The third-order valence-electron chi connectivity index (χ3n) is 2.72. The Morgan fingerprint density at radius 2 is 2.10 bits per heavy atom. The van der Waals surface area contributed by atoms with E-state index in [1.54, 1.807) is 0 Å². The molecule has 0 saturated heterocycles. The van der Waals surface area contributed by atoms with Gasteiger partial charge in [0.15, 0.2) is 0 Å². The molecule has 0 spiro atoms. The Bertz CT molecular complexity index is 544. The van der Waals surface area contributed by atoms with E-state index >= 15 is 0 Å². The van der Waals surface area contributed by atoms with Gasteiger partial charge < -0.3 is 5.32 Å². The van der Waals surface area contributed by atoms with Crippen LogP contribution in [0.15, 0.2) is 18.2 Å². The van der Waals surface area contributed by atoms with Crippen molar-refractivity contribution in [3.8, 4) is 0 Å². The summed E-state index contributed by atoms with van der Waals surface area (Å²) in [7, 11) is 0. The SMILES string of the molecule is CC(C)(C)CC(Br)CNC(=O)c1ccc(F)cc1[N+](=O)[O-]. The zero-order chi connectivity index (χ0) is 16.2. The van der Waals surface area contributed by atoms with Crippen molar-refractivity contribution >= 4 is 27.5 Å². The van der Waals surface area contributed by atoms with Gasteiger partial charge in [0.2, 0.25) is 0 Å². The van der Waals surface area contributed by atoms with Crippen LogP contribution in [0.5, 0.6) is 0 Å². The molecule has 5 nitrogen and oxygen atoms in total. The molecule has 0 aliphatic rings. The van der Waals surface area contributed by atoms with Gasteiger partial charge in [0.25, 0.3) is 11.6 Å². The highest BCUT2D eigenvalue weighted by Gasteiger charge is 2.22. The average molecular weight is 361 g/mol. The summed E-state index contributed by atoms with van der Waals surface area (Å²) in [6, 6.07) is 2.90. The van der Waals surface area contributed by atoms with Crippen molar-refractivity contribution in [3.63, 3.8) is 0 Å². The number of nitro groups is 1. The number of alkyl halides is 1. The highest BCUT2D eigenvalue weighted by Crippen LogP contribution is 2.24. The molecule has 1 atom stereocenters. The highest BCUT2D eigenvalue weighted by atomic mass is 79.9. The van der Waals surface area contributed by atoms with E-state index in [1.807, 2.05) is 0 Å². The summed E-state index contributed by atoms with van der Waals surface area (Å²) in [6.07, 6.45) is 0.832. The zero-order valence-electron chi connectivity index (χ0n) is 12.2. The maximum atomic E-state index is 13.0.